The molecule has 2 unspecified atom stereocenters. The predicted molar refractivity (Wildman–Crippen MR) is 67.2 cm³/mol. The molecule has 1 aliphatic rings. The number of anilines is 1. The van der Waals surface area contributed by atoms with Gasteiger partial charge in [-0.05, 0) is 12.3 Å². The fourth-order valence-electron chi connectivity index (χ4n) is 2.39. The number of carbonyl (C=O) groups excluding carboxylic acids is 1. The van der Waals surface area contributed by atoms with Crippen LogP contribution < -0.4 is 5.32 Å². The maximum absolute atomic E-state index is 13.5. The van der Waals surface area contributed by atoms with Crippen LogP contribution in [0.3, 0.4) is 0 Å². The molecule has 0 bridgehead atoms. The van der Waals surface area contributed by atoms with Crippen molar-refractivity contribution in [3.63, 3.8) is 0 Å². The Labute approximate surface area is 118 Å². The van der Waals surface area contributed by atoms with E-state index in [-0.39, 0.29) is 12.5 Å². The molecule has 0 saturated carbocycles. The summed E-state index contributed by atoms with van der Waals surface area (Å²) in [7, 11) is 0. The zero-order chi connectivity index (χ0) is 15.7. The number of amides is 2. The molecular formula is C13H13F3N2O3. The molecule has 1 aromatic carbocycles. The van der Waals surface area contributed by atoms with Crippen molar-refractivity contribution in [2.24, 2.45) is 5.92 Å². The van der Waals surface area contributed by atoms with Crippen LogP contribution in [0.25, 0.3) is 0 Å². The number of likely N-dealkylation sites (tertiary alicyclic amines) is 1. The quantitative estimate of drug-likeness (QED) is 0.881. The molecular weight excluding hydrogens is 289 g/mol. The molecule has 8 heteroatoms. The number of carbonyl (C=O) groups is 2. The van der Waals surface area contributed by atoms with E-state index in [1.165, 1.54) is 0 Å². The third kappa shape index (κ3) is 2.93. The summed E-state index contributed by atoms with van der Waals surface area (Å²) in [6, 6.07) is -1.13. The molecule has 2 N–H and O–H groups in total. The second-order valence-corrected chi connectivity index (χ2v) is 4.92. The maximum Gasteiger partial charge on any atom is 0.326 e. The zero-order valence-electron chi connectivity index (χ0n) is 11.1. The van der Waals surface area contributed by atoms with Gasteiger partial charge in [0.15, 0.2) is 11.6 Å². The maximum atomic E-state index is 13.5. The summed E-state index contributed by atoms with van der Waals surface area (Å²) in [4.78, 5) is 24.1. The molecule has 114 valence electrons. The summed E-state index contributed by atoms with van der Waals surface area (Å²) in [5.41, 5.74) is -0.801. The molecule has 5 nitrogen and oxygen atoms in total. The van der Waals surface area contributed by atoms with Gasteiger partial charge in [-0.2, -0.15) is 0 Å². The van der Waals surface area contributed by atoms with E-state index in [0.29, 0.717) is 18.6 Å². The largest absolute Gasteiger partial charge is 0.480 e. The van der Waals surface area contributed by atoms with Gasteiger partial charge in [0.2, 0.25) is 0 Å². The SMILES string of the molecule is CC1CCN(C(=O)Nc2c(F)cc(F)cc2F)C1C(=O)O. The molecule has 1 aliphatic heterocycles. The lowest BCUT2D eigenvalue weighted by atomic mass is 10.0. The average molecular weight is 302 g/mol. The number of hydrogen-bond donors (Lipinski definition) is 2. The van der Waals surface area contributed by atoms with Gasteiger partial charge in [0.25, 0.3) is 0 Å². The van der Waals surface area contributed by atoms with Gasteiger partial charge in [0, 0.05) is 18.7 Å². The van der Waals surface area contributed by atoms with Gasteiger partial charge in [-0.25, -0.2) is 22.8 Å². The third-order valence-corrected chi connectivity index (χ3v) is 3.45. The molecule has 1 fully saturated rings. The van der Waals surface area contributed by atoms with Crippen molar-refractivity contribution in [1.82, 2.24) is 4.90 Å². The number of halogens is 3. The van der Waals surface area contributed by atoms with E-state index in [1.807, 2.05) is 5.32 Å². The zero-order valence-corrected chi connectivity index (χ0v) is 11.1. The van der Waals surface area contributed by atoms with Crippen molar-refractivity contribution in [2.45, 2.75) is 19.4 Å². The van der Waals surface area contributed by atoms with E-state index >= 15 is 0 Å². The molecule has 1 heterocycles. The predicted octanol–water partition coefficient (Wildman–Crippen LogP) is 2.43. The van der Waals surface area contributed by atoms with E-state index in [9.17, 15) is 22.8 Å². The van der Waals surface area contributed by atoms with Crippen molar-refractivity contribution in [1.29, 1.82) is 0 Å². The van der Waals surface area contributed by atoms with Gasteiger partial charge in [-0.1, -0.05) is 6.92 Å². The van der Waals surface area contributed by atoms with Crippen molar-refractivity contribution < 1.29 is 27.9 Å². The molecule has 2 amide bonds. The summed E-state index contributed by atoms with van der Waals surface area (Å²) in [6.07, 6.45) is 0.471. The van der Waals surface area contributed by atoms with E-state index in [0.717, 1.165) is 4.90 Å². The third-order valence-electron chi connectivity index (χ3n) is 3.45. The first-order chi connectivity index (χ1) is 9.81. The number of carboxylic acid groups (broad SMARTS) is 1. The first kappa shape index (κ1) is 15.1. The first-order valence-corrected chi connectivity index (χ1v) is 6.26. The lowest BCUT2D eigenvalue weighted by Crippen LogP contribution is -2.45. The average Bonchev–Trinajstić information content (AvgIpc) is 2.75. The Morgan fingerprint density at radius 1 is 1.29 bits per heavy atom. The summed E-state index contributed by atoms with van der Waals surface area (Å²) in [6.45, 7) is 1.83. The topological polar surface area (TPSA) is 69.6 Å². The summed E-state index contributed by atoms with van der Waals surface area (Å²) in [5, 5.41) is 11.1. The first-order valence-electron chi connectivity index (χ1n) is 6.26. The highest BCUT2D eigenvalue weighted by Gasteiger charge is 2.39. The van der Waals surface area contributed by atoms with Crippen LogP contribution in [-0.2, 0) is 4.79 Å². The van der Waals surface area contributed by atoms with Crippen molar-refractivity contribution in [3.8, 4) is 0 Å². The van der Waals surface area contributed by atoms with Crippen LogP contribution in [0, 0.1) is 23.4 Å². The van der Waals surface area contributed by atoms with Crippen LogP contribution in [-0.4, -0.2) is 34.6 Å². The molecule has 2 atom stereocenters. The number of benzene rings is 1. The fraction of sp³-hybridized carbons (Fsp3) is 0.385. The highest BCUT2D eigenvalue weighted by molar-refractivity contribution is 5.93. The van der Waals surface area contributed by atoms with Gasteiger partial charge in [0.1, 0.15) is 17.5 Å². The van der Waals surface area contributed by atoms with Gasteiger partial charge in [0.05, 0.1) is 0 Å². The van der Waals surface area contributed by atoms with Crippen LogP contribution in [0.5, 0.6) is 0 Å². The molecule has 0 radical (unpaired) electrons. The molecule has 1 aromatic rings. The number of nitrogens with zero attached hydrogens (tertiary/aromatic N) is 1. The highest BCUT2D eigenvalue weighted by atomic mass is 19.1. The molecule has 0 spiro atoms. The Hall–Kier alpha value is -2.25. The van der Waals surface area contributed by atoms with Crippen LogP contribution >= 0.6 is 0 Å². The van der Waals surface area contributed by atoms with Crippen molar-refractivity contribution in [3.05, 3.63) is 29.6 Å². The normalized spacial score (nSPS) is 21.4. The van der Waals surface area contributed by atoms with Crippen molar-refractivity contribution >= 4 is 17.7 Å². The van der Waals surface area contributed by atoms with Crippen molar-refractivity contribution in [2.75, 3.05) is 11.9 Å². The number of aliphatic carboxylic acids is 1. The Morgan fingerprint density at radius 2 is 1.86 bits per heavy atom. The summed E-state index contributed by atoms with van der Waals surface area (Å²) >= 11 is 0. The fourth-order valence-corrected chi connectivity index (χ4v) is 2.39. The molecule has 0 aliphatic carbocycles. The number of nitrogens with one attached hydrogen (secondary N) is 1. The minimum absolute atomic E-state index is 0.161. The lowest BCUT2D eigenvalue weighted by molar-refractivity contribution is -0.142. The van der Waals surface area contributed by atoms with Crippen LogP contribution in [0.15, 0.2) is 12.1 Å². The monoisotopic (exact) mass is 302 g/mol. The summed E-state index contributed by atoms with van der Waals surface area (Å²) in [5.74, 6) is -5.09. The van der Waals surface area contributed by atoms with Crippen LogP contribution in [0.2, 0.25) is 0 Å². The van der Waals surface area contributed by atoms with Gasteiger partial charge in [-0.15, -0.1) is 0 Å². The van der Waals surface area contributed by atoms with E-state index < -0.39 is 41.2 Å². The van der Waals surface area contributed by atoms with Gasteiger partial charge in [-0.3, -0.25) is 0 Å². The number of urea groups is 1. The molecule has 1 saturated heterocycles. The Morgan fingerprint density at radius 3 is 2.38 bits per heavy atom. The Balaban J connectivity index is 2.21. The van der Waals surface area contributed by atoms with E-state index in [2.05, 4.69) is 0 Å². The van der Waals surface area contributed by atoms with E-state index in [1.54, 1.807) is 6.92 Å². The van der Waals surface area contributed by atoms with Gasteiger partial charge < -0.3 is 15.3 Å². The molecule has 2 rings (SSSR count). The second-order valence-electron chi connectivity index (χ2n) is 4.92. The number of carboxylic acids is 1. The lowest BCUT2D eigenvalue weighted by Gasteiger charge is -2.23. The highest BCUT2D eigenvalue weighted by Crippen LogP contribution is 2.26. The second kappa shape index (κ2) is 5.63. The molecule has 0 aromatic heterocycles. The Bertz CT molecular complexity index is 571. The number of hydrogen-bond acceptors (Lipinski definition) is 2. The van der Waals surface area contributed by atoms with Gasteiger partial charge >= 0.3 is 12.0 Å². The smallest absolute Gasteiger partial charge is 0.326 e. The summed E-state index contributed by atoms with van der Waals surface area (Å²) < 4.78 is 39.7. The Kier molecular flexibility index (Phi) is 4.06. The molecule has 21 heavy (non-hydrogen) atoms. The van der Waals surface area contributed by atoms with Crippen LogP contribution in [0.1, 0.15) is 13.3 Å². The minimum Gasteiger partial charge on any atom is -0.480 e. The van der Waals surface area contributed by atoms with Crippen LogP contribution in [0.4, 0.5) is 23.7 Å². The standard InChI is InChI=1S/C13H13F3N2O3/c1-6-2-3-18(11(6)12(19)20)13(21)17-10-8(15)4-7(14)5-9(10)16/h4-6,11H,2-3H2,1H3,(H,17,21)(H,19,20). The van der Waals surface area contributed by atoms with E-state index in [4.69, 9.17) is 5.11 Å². The minimum atomic E-state index is -1.26. The number of rotatable bonds is 2.